The van der Waals surface area contributed by atoms with Crippen LogP contribution in [0.3, 0.4) is 0 Å². The van der Waals surface area contributed by atoms with Crippen LogP contribution in [0.25, 0.3) is 0 Å². The molecule has 94 valence electrons. The highest BCUT2D eigenvalue weighted by atomic mass is 16.5. The van der Waals surface area contributed by atoms with Crippen LogP contribution in [0.5, 0.6) is 0 Å². The largest absolute Gasteiger partial charge is 0.469 e. The Morgan fingerprint density at radius 3 is 3.06 bits per heavy atom. The molecular formula is C12H24N2O2. The van der Waals surface area contributed by atoms with Gasteiger partial charge in [-0.05, 0) is 45.7 Å². The minimum Gasteiger partial charge on any atom is -0.469 e. The van der Waals surface area contributed by atoms with E-state index in [1.807, 2.05) is 0 Å². The second-order valence-electron chi connectivity index (χ2n) is 4.56. The zero-order valence-electron chi connectivity index (χ0n) is 10.4. The molecule has 2 N–H and O–H groups in total. The van der Waals surface area contributed by atoms with Gasteiger partial charge in [0.2, 0.25) is 0 Å². The number of ether oxygens (including phenoxy) is 1. The molecule has 0 spiro atoms. The third kappa shape index (κ3) is 5.47. The minimum atomic E-state index is -0.119. The Morgan fingerprint density at radius 2 is 2.44 bits per heavy atom. The minimum absolute atomic E-state index is 0.119. The molecular weight excluding hydrogens is 204 g/mol. The third-order valence-electron chi connectivity index (χ3n) is 3.08. The molecule has 16 heavy (non-hydrogen) atoms. The van der Waals surface area contributed by atoms with Crippen molar-refractivity contribution >= 4 is 5.97 Å². The van der Waals surface area contributed by atoms with Crippen molar-refractivity contribution in [2.24, 2.45) is 0 Å². The van der Waals surface area contributed by atoms with Gasteiger partial charge >= 0.3 is 5.97 Å². The Labute approximate surface area is 98.1 Å². The maximum Gasteiger partial charge on any atom is 0.305 e. The molecule has 1 aliphatic rings. The molecule has 0 aromatic heterocycles. The number of rotatable bonds is 7. The molecule has 0 aliphatic carbocycles. The number of esters is 1. The van der Waals surface area contributed by atoms with Crippen LogP contribution in [0, 0.1) is 0 Å². The van der Waals surface area contributed by atoms with Crippen LogP contribution in [0.15, 0.2) is 0 Å². The van der Waals surface area contributed by atoms with E-state index in [-0.39, 0.29) is 5.97 Å². The first-order chi connectivity index (χ1) is 7.72. The van der Waals surface area contributed by atoms with E-state index in [0.29, 0.717) is 18.5 Å². The summed E-state index contributed by atoms with van der Waals surface area (Å²) in [6.45, 7) is 4.26. The summed E-state index contributed by atoms with van der Waals surface area (Å²) >= 11 is 0. The molecule has 0 amide bonds. The standard InChI is InChI=1S/C12H24N2O2/c1-10(9-11-5-3-8-14-11)13-7-4-6-12(15)16-2/h10-11,13-14H,3-9H2,1-2H3. The van der Waals surface area contributed by atoms with E-state index in [9.17, 15) is 4.79 Å². The summed E-state index contributed by atoms with van der Waals surface area (Å²) in [5.74, 6) is -0.119. The molecule has 2 atom stereocenters. The Balaban J connectivity index is 1.97. The number of hydrogen-bond donors (Lipinski definition) is 2. The van der Waals surface area contributed by atoms with Gasteiger partial charge in [-0.2, -0.15) is 0 Å². The molecule has 0 saturated carbocycles. The van der Waals surface area contributed by atoms with Gasteiger partial charge in [-0.1, -0.05) is 0 Å². The maximum atomic E-state index is 10.9. The number of methoxy groups -OCH3 is 1. The van der Waals surface area contributed by atoms with Crippen LogP contribution in [0.2, 0.25) is 0 Å². The van der Waals surface area contributed by atoms with E-state index in [1.165, 1.54) is 32.9 Å². The van der Waals surface area contributed by atoms with E-state index in [1.54, 1.807) is 0 Å². The summed E-state index contributed by atoms with van der Waals surface area (Å²) in [6.07, 6.45) is 5.15. The van der Waals surface area contributed by atoms with Crippen molar-refractivity contribution in [2.75, 3.05) is 20.2 Å². The van der Waals surface area contributed by atoms with Gasteiger partial charge in [-0.25, -0.2) is 0 Å². The molecule has 0 aromatic rings. The summed E-state index contributed by atoms with van der Waals surface area (Å²) < 4.78 is 4.59. The molecule has 0 aromatic carbocycles. The zero-order chi connectivity index (χ0) is 11.8. The van der Waals surface area contributed by atoms with Crippen LogP contribution in [-0.4, -0.2) is 38.3 Å². The summed E-state index contributed by atoms with van der Waals surface area (Å²) in [4.78, 5) is 10.9. The molecule has 1 heterocycles. The molecule has 0 bridgehead atoms. The molecule has 1 fully saturated rings. The Kier molecular flexibility index (Phi) is 6.42. The van der Waals surface area contributed by atoms with Crippen LogP contribution in [0.1, 0.15) is 39.0 Å². The smallest absolute Gasteiger partial charge is 0.305 e. The van der Waals surface area contributed by atoms with Crippen LogP contribution in [-0.2, 0) is 9.53 Å². The summed E-state index contributed by atoms with van der Waals surface area (Å²) in [5, 5.41) is 6.93. The van der Waals surface area contributed by atoms with E-state index in [0.717, 1.165) is 13.0 Å². The lowest BCUT2D eigenvalue weighted by Gasteiger charge is -2.18. The highest BCUT2D eigenvalue weighted by Gasteiger charge is 2.16. The van der Waals surface area contributed by atoms with Gasteiger partial charge < -0.3 is 15.4 Å². The lowest BCUT2D eigenvalue weighted by atomic mass is 10.1. The van der Waals surface area contributed by atoms with Crippen molar-refractivity contribution in [3.05, 3.63) is 0 Å². The van der Waals surface area contributed by atoms with Gasteiger partial charge in [0.1, 0.15) is 0 Å². The summed E-state index contributed by atoms with van der Waals surface area (Å²) in [7, 11) is 1.43. The van der Waals surface area contributed by atoms with Gasteiger partial charge in [0.15, 0.2) is 0 Å². The average molecular weight is 228 g/mol. The quantitative estimate of drug-likeness (QED) is 0.505. The lowest BCUT2D eigenvalue weighted by molar-refractivity contribution is -0.140. The van der Waals surface area contributed by atoms with E-state index < -0.39 is 0 Å². The monoisotopic (exact) mass is 228 g/mol. The first-order valence-electron chi connectivity index (χ1n) is 6.26. The normalized spacial score (nSPS) is 22.0. The Hall–Kier alpha value is -0.610. The van der Waals surface area contributed by atoms with Crippen molar-refractivity contribution in [3.8, 4) is 0 Å². The van der Waals surface area contributed by atoms with Crippen molar-refractivity contribution in [1.29, 1.82) is 0 Å². The van der Waals surface area contributed by atoms with Crippen molar-refractivity contribution in [3.63, 3.8) is 0 Å². The zero-order valence-corrected chi connectivity index (χ0v) is 10.4. The van der Waals surface area contributed by atoms with Crippen molar-refractivity contribution in [2.45, 2.75) is 51.1 Å². The maximum absolute atomic E-state index is 10.9. The van der Waals surface area contributed by atoms with E-state index in [4.69, 9.17) is 0 Å². The molecule has 2 unspecified atom stereocenters. The lowest BCUT2D eigenvalue weighted by Crippen LogP contribution is -2.34. The molecule has 1 aliphatic heterocycles. The fourth-order valence-electron chi connectivity index (χ4n) is 2.15. The number of nitrogens with one attached hydrogen (secondary N) is 2. The average Bonchev–Trinajstić information content (AvgIpc) is 2.76. The van der Waals surface area contributed by atoms with Gasteiger partial charge in [0.25, 0.3) is 0 Å². The van der Waals surface area contributed by atoms with Gasteiger partial charge in [0.05, 0.1) is 7.11 Å². The van der Waals surface area contributed by atoms with E-state index >= 15 is 0 Å². The molecule has 1 rings (SSSR count). The van der Waals surface area contributed by atoms with E-state index in [2.05, 4.69) is 22.3 Å². The second-order valence-corrected chi connectivity index (χ2v) is 4.56. The highest BCUT2D eigenvalue weighted by molar-refractivity contribution is 5.69. The fourth-order valence-corrected chi connectivity index (χ4v) is 2.15. The third-order valence-corrected chi connectivity index (χ3v) is 3.08. The summed E-state index contributed by atoms with van der Waals surface area (Å²) in [6, 6.07) is 1.20. The molecule has 0 radical (unpaired) electrons. The van der Waals surface area contributed by atoms with Crippen molar-refractivity contribution in [1.82, 2.24) is 10.6 Å². The first-order valence-corrected chi connectivity index (χ1v) is 6.26. The van der Waals surface area contributed by atoms with Crippen molar-refractivity contribution < 1.29 is 9.53 Å². The van der Waals surface area contributed by atoms with Crippen LogP contribution in [0.4, 0.5) is 0 Å². The number of carbonyl (C=O) groups excluding carboxylic acids is 1. The Bertz CT molecular complexity index is 203. The van der Waals surface area contributed by atoms with Crippen LogP contribution < -0.4 is 10.6 Å². The fraction of sp³-hybridized carbons (Fsp3) is 0.917. The Morgan fingerprint density at radius 1 is 1.62 bits per heavy atom. The molecule has 4 heteroatoms. The van der Waals surface area contributed by atoms with Gasteiger partial charge in [-0.15, -0.1) is 0 Å². The predicted octanol–water partition coefficient (Wildman–Crippen LogP) is 1.06. The number of carbonyl (C=O) groups is 1. The number of hydrogen-bond acceptors (Lipinski definition) is 4. The predicted molar refractivity (Wildman–Crippen MR) is 64.4 cm³/mol. The highest BCUT2D eigenvalue weighted by Crippen LogP contribution is 2.10. The second kappa shape index (κ2) is 7.63. The van der Waals surface area contributed by atoms with Gasteiger partial charge in [-0.3, -0.25) is 4.79 Å². The topological polar surface area (TPSA) is 50.4 Å². The summed E-state index contributed by atoms with van der Waals surface area (Å²) in [5.41, 5.74) is 0. The van der Waals surface area contributed by atoms with Gasteiger partial charge in [0, 0.05) is 18.5 Å². The molecule has 1 saturated heterocycles. The van der Waals surface area contributed by atoms with Crippen LogP contribution >= 0.6 is 0 Å². The SMILES string of the molecule is COC(=O)CCCNC(C)CC1CCCN1. The molecule has 4 nitrogen and oxygen atoms in total. The first kappa shape index (κ1) is 13.5.